The molecule has 1 aromatic carbocycles. The van der Waals surface area contributed by atoms with Gasteiger partial charge in [-0.1, -0.05) is 0 Å². The Bertz CT molecular complexity index is 659. The molecule has 19 heavy (non-hydrogen) atoms. The first-order valence-corrected chi connectivity index (χ1v) is 5.23. The topological polar surface area (TPSA) is 110 Å². The average Bonchev–Trinajstić information content (AvgIpc) is 2.77. The van der Waals surface area contributed by atoms with Gasteiger partial charge in [0.05, 0.1) is 17.3 Å². The summed E-state index contributed by atoms with van der Waals surface area (Å²) in [6, 6.07) is 5.58. The van der Waals surface area contributed by atoms with Crippen LogP contribution in [0.2, 0.25) is 0 Å². The van der Waals surface area contributed by atoms with Crippen LogP contribution in [0, 0.1) is 17.1 Å². The maximum atomic E-state index is 13.5. The molecule has 0 fully saturated rings. The molecule has 8 heteroatoms. The third kappa shape index (κ3) is 3.04. The Balaban J connectivity index is 2.05. The van der Waals surface area contributed by atoms with Crippen molar-refractivity contribution in [1.29, 1.82) is 5.26 Å². The molecule has 1 amide bonds. The number of hydrogen-bond acceptors (Lipinski definition) is 5. The van der Waals surface area contributed by atoms with Gasteiger partial charge < -0.3 is 11.1 Å². The molecule has 1 heterocycles. The van der Waals surface area contributed by atoms with Crippen LogP contribution in [0.5, 0.6) is 0 Å². The van der Waals surface area contributed by atoms with Crippen molar-refractivity contribution in [3.8, 4) is 6.07 Å². The first-order chi connectivity index (χ1) is 9.08. The standard InChI is InChI=1S/C11H9FN6O/c12-8-3-7(4-13)1-2-9(8)16-10(19)5-18-6-15-11(14)17-18/h1-3,6H,5H2,(H2,14,17)(H,16,19). The van der Waals surface area contributed by atoms with Crippen molar-refractivity contribution in [2.75, 3.05) is 11.1 Å². The van der Waals surface area contributed by atoms with Crippen molar-refractivity contribution in [2.45, 2.75) is 6.54 Å². The van der Waals surface area contributed by atoms with E-state index in [1.165, 1.54) is 23.1 Å². The van der Waals surface area contributed by atoms with E-state index in [2.05, 4.69) is 15.4 Å². The Morgan fingerprint density at radius 3 is 2.95 bits per heavy atom. The number of nitrogens with one attached hydrogen (secondary N) is 1. The minimum Gasteiger partial charge on any atom is -0.367 e. The summed E-state index contributed by atoms with van der Waals surface area (Å²) in [6.07, 6.45) is 1.30. The molecule has 0 radical (unpaired) electrons. The lowest BCUT2D eigenvalue weighted by atomic mass is 10.2. The van der Waals surface area contributed by atoms with E-state index in [1.807, 2.05) is 0 Å². The molecule has 0 saturated heterocycles. The van der Waals surface area contributed by atoms with Gasteiger partial charge in [-0.2, -0.15) is 5.26 Å². The summed E-state index contributed by atoms with van der Waals surface area (Å²) in [5.74, 6) is -1.10. The normalized spacial score (nSPS) is 9.89. The fourth-order valence-electron chi connectivity index (χ4n) is 1.41. The quantitative estimate of drug-likeness (QED) is 0.835. The molecule has 0 aliphatic heterocycles. The van der Waals surface area contributed by atoms with Crippen molar-refractivity contribution < 1.29 is 9.18 Å². The molecule has 0 saturated carbocycles. The van der Waals surface area contributed by atoms with Gasteiger partial charge in [-0.05, 0) is 18.2 Å². The van der Waals surface area contributed by atoms with E-state index >= 15 is 0 Å². The molecule has 2 rings (SSSR count). The lowest BCUT2D eigenvalue weighted by Crippen LogP contribution is -2.19. The summed E-state index contributed by atoms with van der Waals surface area (Å²) in [5.41, 5.74) is 5.48. The summed E-state index contributed by atoms with van der Waals surface area (Å²) >= 11 is 0. The molecule has 0 aliphatic carbocycles. The molecule has 96 valence electrons. The van der Waals surface area contributed by atoms with Crippen molar-refractivity contribution in [1.82, 2.24) is 14.8 Å². The Labute approximate surface area is 107 Å². The SMILES string of the molecule is N#Cc1ccc(NC(=O)Cn2cnc(N)n2)c(F)c1. The molecule has 0 bridgehead atoms. The Morgan fingerprint density at radius 1 is 1.58 bits per heavy atom. The number of nitrogen functional groups attached to an aromatic ring is 1. The highest BCUT2D eigenvalue weighted by atomic mass is 19.1. The lowest BCUT2D eigenvalue weighted by molar-refractivity contribution is -0.116. The number of nitriles is 1. The second-order valence-corrected chi connectivity index (χ2v) is 3.65. The second kappa shape index (κ2) is 5.14. The Hall–Kier alpha value is -2.95. The van der Waals surface area contributed by atoms with Crippen LogP contribution in [-0.4, -0.2) is 20.7 Å². The summed E-state index contributed by atoms with van der Waals surface area (Å²) in [6.45, 7) is -0.135. The van der Waals surface area contributed by atoms with E-state index in [4.69, 9.17) is 11.0 Å². The van der Waals surface area contributed by atoms with Gasteiger partial charge >= 0.3 is 0 Å². The molecule has 0 unspecified atom stereocenters. The van der Waals surface area contributed by atoms with Crippen LogP contribution < -0.4 is 11.1 Å². The number of aromatic nitrogens is 3. The number of carbonyl (C=O) groups is 1. The van der Waals surface area contributed by atoms with E-state index in [-0.39, 0.29) is 23.7 Å². The van der Waals surface area contributed by atoms with Crippen LogP contribution in [0.4, 0.5) is 16.0 Å². The molecule has 3 N–H and O–H groups in total. The van der Waals surface area contributed by atoms with Gasteiger partial charge in [0.25, 0.3) is 0 Å². The average molecular weight is 260 g/mol. The van der Waals surface area contributed by atoms with Crippen molar-refractivity contribution in [3.05, 3.63) is 35.9 Å². The van der Waals surface area contributed by atoms with Crippen LogP contribution >= 0.6 is 0 Å². The predicted octanol–water partition coefficient (Wildman–Crippen LogP) is 0.510. The van der Waals surface area contributed by atoms with E-state index in [9.17, 15) is 9.18 Å². The number of nitrogens with two attached hydrogens (primary N) is 1. The molecule has 0 spiro atoms. The van der Waals surface area contributed by atoms with Gasteiger partial charge in [-0.3, -0.25) is 4.79 Å². The molecular weight excluding hydrogens is 251 g/mol. The monoisotopic (exact) mass is 260 g/mol. The first-order valence-electron chi connectivity index (χ1n) is 5.23. The third-order valence-corrected chi connectivity index (χ3v) is 2.23. The highest BCUT2D eigenvalue weighted by molar-refractivity contribution is 5.90. The molecule has 1 aromatic heterocycles. The zero-order chi connectivity index (χ0) is 13.8. The number of benzene rings is 1. The Morgan fingerprint density at radius 2 is 2.37 bits per heavy atom. The predicted molar refractivity (Wildman–Crippen MR) is 64.2 cm³/mol. The van der Waals surface area contributed by atoms with E-state index in [0.29, 0.717) is 0 Å². The zero-order valence-corrected chi connectivity index (χ0v) is 9.67. The zero-order valence-electron chi connectivity index (χ0n) is 9.67. The van der Waals surface area contributed by atoms with Crippen molar-refractivity contribution >= 4 is 17.5 Å². The lowest BCUT2D eigenvalue weighted by Gasteiger charge is -2.06. The smallest absolute Gasteiger partial charge is 0.246 e. The molecule has 0 atom stereocenters. The molecule has 7 nitrogen and oxygen atoms in total. The van der Waals surface area contributed by atoms with Crippen LogP contribution in [0.1, 0.15) is 5.56 Å². The van der Waals surface area contributed by atoms with Gasteiger partial charge in [0.1, 0.15) is 18.7 Å². The number of hydrogen-bond donors (Lipinski definition) is 2. The minimum absolute atomic E-state index is 0.00270. The number of nitrogens with zero attached hydrogens (tertiary/aromatic N) is 4. The number of anilines is 2. The van der Waals surface area contributed by atoms with Gasteiger partial charge in [0.2, 0.25) is 11.9 Å². The third-order valence-electron chi connectivity index (χ3n) is 2.23. The molecule has 2 aromatic rings. The highest BCUT2D eigenvalue weighted by Gasteiger charge is 2.09. The second-order valence-electron chi connectivity index (χ2n) is 3.65. The number of amides is 1. The van der Waals surface area contributed by atoms with Crippen LogP contribution in [-0.2, 0) is 11.3 Å². The fraction of sp³-hybridized carbons (Fsp3) is 0.0909. The van der Waals surface area contributed by atoms with Gasteiger partial charge in [-0.15, -0.1) is 5.10 Å². The summed E-state index contributed by atoms with van der Waals surface area (Å²) < 4.78 is 14.7. The number of halogens is 1. The first kappa shape index (κ1) is 12.5. The van der Waals surface area contributed by atoms with Crippen LogP contribution in [0.3, 0.4) is 0 Å². The molecular formula is C11H9FN6O. The van der Waals surface area contributed by atoms with Gasteiger partial charge in [0.15, 0.2) is 0 Å². The van der Waals surface area contributed by atoms with Crippen LogP contribution in [0.25, 0.3) is 0 Å². The van der Waals surface area contributed by atoms with Gasteiger partial charge in [0, 0.05) is 0 Å². The van der Waals surface area contributed by atoms with E-state index < -0.39 is 11.7 Å². The number of carbonyl (C=O) groups excluding carboxylic acids is 1. The minimum atomic E-state index is -0.675. The van der Waals surface area contributed by atoms with E-state index in [0.717, 1.165) is 6.07 Å². The van der Waals surface area contributed by atoms with Crippen LogP contribution in [0.15, 0.2) is 24.5 Å². The van der Waals surface area contributed by atoms with E-state index in [1.54, 1.807) is 6.07 Å². The van der Waals surface area contributed by atoms with Crippen molar-refractivity contribution in [2.24, 2.45) is 0 Å². The largest absolute Gasteiger partial charge is 0.367 e. The molecule has 0 aliphatic rings. The van der Waals surface area contributed by atoms with Gasteiger partial charge in [-0.25, -0.2) is 14.1 Å². The maximum absolute atomic E-state index is 13.5. The Kier molecular flexibility index (Phi) is 3.38. The summed E-state index contributed by atoms with van der Waals surface area (Å²) in [7, 11) is 0. The summed E-state index contributed by atoms with van der Waals surface area (Å²) in [5, 5.41) is 14.7. The number of rotatable bonds is 3. The maximum Gasteiger partial charge on any atom is 0.246 e. The fourth-order valence-corrected chi connectivity index (χ4v) is 1.41. The summed E-state index contributed by atoms with van der Waals surface area (Å²) in [4.78, 5) is 15.3. The highest BCUT2D eigenvalue weighted by Crippen LogP contribution is 2.15. The van der Waals surface area contributed by atoms with Crippen molar-refractivity contribution in [3.63, 3.8) is 0 Å².